The average Bonchev–Trinajstić information content (AvgIpc) is 3.98. The zero-order valence-electron chi connectivity index (χ0n) is 32.9. The lowest BCUT2D eigenvalue weighted by atomic mass is 9.73. The number of rotatable bonds is 11. The lowest BCUT2D eigenvalue weighted by Gasteiger charge is -2.39. The Morgan fingerprint density at radius 2 is 1.79 bits per heavy atom. The number of nitrogens with one attached hydrogen (secondary N) is 1. The van der Waals surface area contributed by atoms with Gasteiger partial charge in [0.05, 0.1) is 35.0 Å². The van der Waals surface area contributed by atoms with Crippen molar-refractivity contribution in [2.75, 3.05) is 44.7 Å². The fourth-order valence-corrected chi connectivity index (χ4v) is 11.0. The van der Waals surface area contributed by atoms with Crippen molar-refractivity contribution in [1.82, 2.24) is 29.7 Å². The number of carboxylic acid groups (broad SMARTS) is 1. The van der Waals surface area contributed by atoms with Crippen LogP contribution in [0.25, 0.3) is 22.4 Å². The van der Waals surface area contributed by atoms with Gasteiger partial charge in [0, 0.05) is 87.7 Å². The SMILES string of the molecule is COc1nc(-c2cccc(-c3cccc4c3CCN4C(=O)c3nc4c(n3C)CCN(CCC3CC5CCC3(C(=O)O)C5)C4)c2Cl)ccc1CN1CC(NC(C)=O)C1. The molecule has 1 saturated heterocycles. The van der Waals surface area contributed by atoms with Gasteiger partial charge in [-0.2, -0.15) is 0 Å². The third-order valence-corrected chi connectivity index (χ3v) is 13.9. The molecule has 2 N–H and O–H groups in total. The van der Waals surface area contributed by atoms with Crippen molar-refractivity contribution in [2.24, 2.45) is 24.3 Å². The van der Waals surface area contributed by atoms with Crippen LogP contribution in [-0.4, -0.2) is 93.1 Å². The molecule has 5 heterocycles. The van der Waals surface area contributed by atoms with Gasteiger partial charge in [0.25, 0.3) is 5.91 Å². The highest BCUT2D eigenvalue weighted by Crippen LogP contribution is 2.59. The second-order valence-corrected chi connectivity index (χ2v) is 17.2. The van der Waals surface area contributed by atoms with Crippen LogP contribution in [0.3, 0.4) is 0 Å². The number of benzene rings is 2. The number of imidazole rings is 1. The smallest absolute Gasteiger partial charge is 0.309 e. The number of amides is 2. The summed E-state index contributed by atoms with van der Waals surface area (Å²) < 4.78 is 7.71. The fourth-order valence-electron chi connectivity index (χ4n) is 10.6. The number of anilines is 1. The Kier molecular flexibility index (Phi) is 9.85. The van der Waals surface area contributed by atoms with Gasteiger partial charge in [0.15, 0.2) is 5.82 Å². The zero-order chi connectivity index (χ0) is 39.6. The number of aliphatic carboxylic acids is 1. The van der Waals surface area contributed by atoms with Crippen LogP contribution < -0.4 is 15.0 Å². The van der Waals surface area contributed by atoms with Crippen LogP contribution >= 0.6 is 11.6 Å². The van der Waals surface area contributed by atoms with Crippen molar-refractivity contribution in [3.63, 3.8) is 0 Å². The van der Waals surface area contributed by atoms with E-state index in [0.717, 1.165) is 110 Å². The first-order chi connectivity index (χ1) is 27.5. The van der Waals surface area contributed by atoms with Crippen LogP contribution in [0.15, 0.2) is 48.5 Å². The molecule has 2 amide bonds. The molecule has 57 heavy (non-hydrogen) atoms. The molecule has 13 heteroatoms. The lowest BCUT2D eigenvalue weighted by molar-refractivity contribution is -0.151. The predicted molar refractivity (Wildman–Crippen MR) is 217 cm³/mol. The van der Waals surface area contributed by atoms with Gasteiger partial charge in [0.1, 0.15) is 0 Å². The molecule has 2 bridgehead atoms. The molecule has 2 aromatic heterocycles. The molecule has 3 fully saturated rings. The number of pyridine rings is 1. The van der Waals surface area contributed by atoms with E-state index in [1.807, 2.05) is 59.0 Å². The highest BCUT2D eigenvalue weighted by molar-refractivity contribution is 6.36. The Hall–Kier alpha value is -4.78. The van der Waals surface area contributed by atoms with Crippen molar-refractivity contribution in [3.05, 3.63) is 81.9 Å². The predicted octanol–water partition coefficient (Wildman–Crippen LogP) is 5.97. The lowest BCUT2D eigenvalue weighted by Crippen LogP contribution is -2.58. The van der Waals surface area contributed by atoms with E-state index in [2.05, 4.69) is 21.2 Å². The number of ether oxygens (including phenoxy) is 1. The van der Waals surface area contributed by atoms with E-state index in [9.17, 15) is 19.5 Å². The van der Waals surface area contributed by atoms with Gasteiger partial charge < -0.3 is 24.6 Å². The highest BCUT2D eigenvalue weighted by Gasteiger charge is 2.56. The summed E-state index contributed by atoms with van der Waals surface area (Å²) >= 11 is 7.22. The maximum Gasteiger partial charge on any atom is 0.309 e. The summed E-state index contributed by atoms with van der Waals surface area (Å²) in [4.78, 5) is 54.3. The van der Waals surface area contributed by atoms with Crippen molar-refractivity contribution >= 4 is 35.1 Å². The molecule has 12 nitrogen and oxygen atoms in total. The summed E-state index contributed by atoms with van der Waals surface area (Å²) in [6.45, 7) is 6.72. The van der Waals surface area contributed by atoms with Gasteiger partial charge in [0.2, 0.25) is 11.8 Å². The number of nitrogens with zero attached hydrogens (tertiary/aromatic N) is 6. The number of aromatic nitrogens is 3. The molecule has 3 atom stereocenters. The second kappa shape index (κ2) is 14.9. The standard InChI is InChI=1S/C44H50ClN7O5/c1-26(53)46-30-23-51(24-30)22-28-10-11-35(48-41(28)57-3)34-8-4-7-33(39(34)45)31-6-5-9-37-32(31)14-19-52(37)42(54)40-47-36-25-50(18-15-38(36)49(40)2)17-13-29-20-27-12-16-44(29,21-27)43(55)56/h4-11,27,29-30H,12-25H2,1-3H3,(H,46,53)(H,55,56). The van der Waals surface area contributed by atoms with Crippen molar-refractivity contribution in [3.8, 4) is 28.3 Å². The molecule has 2 aliphatic carbocycles. The summed E-state index contributed by atoms with van der Waals surface area (Å²) in [5.41, 5.74) is 7.79. The van der Waals surface area contributed by atoms with Crippen molar-refractivity contribution < 1.29 is 24.2 Å². The number of likely N-dealkylation sites (tertiary alicyclic amines) is 1. The molecule has 2 saturated carbocycles. The maximum atomic E-state index is 14.3. The van der Waals surface area contributed by atoms with Crippen LogP contribution in [0, 0.1) is 17.3 Å². The number of carboxylic acids is 1. The quantitative estimate of drug-likeness (QED) is 0.189. The van der Waals surface area contributed by atoms with Crippen LogP contribution in [0.4, 0.5) is 5.69 Å². The molecule has 3 unspecified atom stereocenters. The van der Waals surface area contributed by atoms with Gasteiger partial charge in [-0.3, -0.25) is 24.2 Å². The Morgan fingerprint density at radius 1 is 1.00 bits per heavy atom. The molecule has 4 aromatic rings. The van der Waals surface area contributed by atoms with Gasteiger partial charge in [-0.1, -0.05) is 48.0 Å². The molecule has 3 aliphatic heterocycles. The molecule has 2 aromatic carbocycles. The van der Waals surface area contributed by atoms with Gasteiger partial charge >= 0.3 is 5.97 Å². The summed E-state index contributed by atoms with van der Waals surface area (Å²) in [7, 11) is 3.57. The summed E-state index contributed by atoms with van der Waals surface area (Å²) in [6.07, 6.45) is 6.15. The van der Waals surface area contributed by atoms with Crippen molar-refractivity contribution in [2.45, 2.75) is 71.0 Å². The van der Waals surface area contributed by atoms with E-state index >= 15 is 0 Å². The van der Waals surface area contributed by atoms with Crippen molar-refractivity contribution in [1.29, 1.82) is 0 Å². The summed E-state index contributed by atoms with van der Waals surface area (Å²) in [6, 6.07) is 16.2. The Balaban J connectivity index is 0.903. The minimum absolute atomic E-state index is 0.0132. The molecule has 5 aliphatic rings. The number of methoxy groups -OCH3 is 1. The molecular weight excluding hydrogens is 742 g/mol. The van der Waals surface area contributed by atoms with E-state index in [1.54, 1.807) is 14.0 Å². The third kappa shape index (κ3) is 6.69. The topological polar surface area (TPSA) is 133 Å². The molecule has 0 spiro atoms. The Bertz CT molecular complexity index is 2270. The highest BCUT2D eigenvalue weighted by atomic mass is 35.5. The number of hydrogen-bond acceptors (Lipinski definition) is 8. The van der Waals surface area contributed by atoms with Crippen LogP contribution in [0.2, 0.25) is 5.02 Å². The number of fused-ring (bicyclic) bond motifs is 4. The first-order valence-corrected chi connectivity index (χ1v) is 20.7. The Morgan fingerprint density at radius 3 is 2.56 bits per heavy atom. The normalized spacial score (nSPS) is 23.0. The van der Waals surface area contributed by atoms with Crippen LogP contribution in [-0.2, 0) is 42.6 Å². The van der Waals surface area contributed by atoms with Crippen LogP contribution in [0.1, 0.15) is 72.2 Å². The summed E-state index contributed by atoms with van der Waals surface area (Å²) in [5.74, 6) is 1.07. The molecule has 9 rings (SSSR count). The van der Waals surface area contributed by atoms with Gasteiger partial charge in [-0.25, -0.2) is 9.97 Å². The Labute approximate surface area is 338 Å². The van der Waals surface area contributed by atoms with E-state index in [-0.39, 0.29) is 23.8 Å². The average molecular weight is 792 g/mol. The zero-order valence-corrected chi connectivity index (χ0v) is 33.6. The number of carbonyl (C=O) groups excluding carboxylic acids is 2. The second-order valence-electron chi connectivity index (χ2n) is 16.8. The number of halogens is 1. The summed E-state index contributed by atoms with van der Waals surface area (Å²) in [5, 5.41) is 13.6. The van der Waals surface area contributed by atoms with E-state index in [4.69, 9.17) is 26.3 Å². The third-order valence-electron chi connectivity index (χ3n) is 13.5. The first kappa shape index (κ1) is 37.8. The van der Waals surface area contributed by atoms with E-state index in [0.29, 0.717) is 54.4 Å². The molecule has 0 radical (unpaired) electrons. The maximum absolute atomic E-state index is 14.3. The van der Waals surface area contributed by atoms with E-state index in [1.165, 1.54) is 0 Å². The monoisotopic (exact) mass is 791 g/mol. The van der Waals surface area contributed by atoms with Crippen LogP contribution in [0.5, 0.6) is 5.88 Å². The van der Waals surface area contributed by atoms with E-state index < -0.39 is 11.4 Å². The minimum Gasteiger partial charge on any atom is -0.481 e. The minimum atomic E-state index is -0.605. The van der Waals surface area contributed by atoms with Gasteiger partial charge in [-0.15, -0.1) is 0 Å². The molecular formula is C44H50ClN7O5. The largest absolute Gasteiger partial charge is 0.481 e. The fraction of sp³-hybridized carbons (Fsp3) is 0.477. The van der Waals surface area contributed by atoms with Gasteiger partial charge in [-0.05, 0) is 80.2 Å². The number of carbonyl (C=O) groups is 3. The molecule has 298 valence electrons. The first-order valence-electron chi connectivity index (χ1n) is 20.3. The number of hydrogen-bond donors (Lipinski definition) is 2.